The van der Waals surface area contributed by atoms with Gasteiger partial charge in [-0.25, -0.2) is 15.0 Å². The number of hydrogen-bond donors (Lipinski definition) is 2. The zero-order chi connectivity index (χ0) is 22.2. The maximum atomic E-state index is 6.47. The zero-order valence-corrected chi connectivity index (χ0v) is 18.7. The fourth-order valence-electron chi connectivity index (χ4n) is 4.18. The number of fused-ring (bicyclic) bond motifs is 2. The molecule has 0 amide bonds. The quantitative estimate of drug-likeness (QED) is 0.463. The van der Waals surface area contributed by atoms with Crippen molar-refractivity contribution >= 4 is 44.0 Å². The van der Waals surface area contributed by atoms with Crippen molar-refractivity contribution in [1.29, 1.82) is 0 Å². The second-order valence-electron chi connectivity index (χ2n) is 8.02. The highest BCUT2D eigenvalue weighted by Crippen LogP contribution is 2.34. The predicted molar refractivity (Wildman–Crippen MR) is 129 cm³/mol. The van der Waals surface area contributed by atoms with E-state index in [1.54, 1.807) is 17.7 Å². The highest BCUT2D eigenvalue weighted by Gasteiger charge is 2.22. The summed E-state index contributed by atoms with van der Waals surface area (Å²) in [5.41, 5.74) is 9.19. The molecule has 6 rings (SSSR count). The summed E-state index contributed by atoms with van der Waals surface area (Å²) in [5.74, 6) is 2.99. The first-order valence-electron chi connectivity index (χ1n) is 10.8. The first-order chi connectivity index (χ1) is 16.2. The van der Waals surface area contributed by atoms with E-state index in [1.165, 1.54) is 5.56 Å². The number of para-hydroxylation sites is 1. The third kappa shape index (κ3) is 3.98. The molecule has 0 radical (unpaired) electrons. The summed E-state index contributed by atoms with van der Waals surface area (Å²) < 4.78 is 12.0. The Balaban J connectivity index is 1.12. The van der Waals surface area contributed by atoms with Crippen LogP contribution in [0.25, 0.3) is 10.2 Å². The van der Waals surface area contributed by atoms with Crippen molar-refractivity contribution in [2.75, 3.05) is 48.9 Å². The van der Waals surface area contributed by atoms with Crippen molar-refractivity contribution in [1.82, 2.24) is 19.9 Å². The monoisotopic (exact) mass is 461 g/mol. The fraction of sp³-hybridized carbons (Fsp3) is 0.261. The van der Waals surface area contributed by atoms with Crippen LogP contribution in [0.15, 0.2) is 48.8 Å². The van der Waals surface area contributed by atoms with Crippen LogP contribution in [0.2, 0.25) is 0 Å². The molecular weight excluding hydrogens is 438 g/mol. The molecule has 3 N–H and O–H groups in total. The number of ether oxygens (including phenoxy) is 2. The molecule has 4 aromatic rings. The van der Waals surface area contributed by atoms with Gasteiger partial charge in [0.1, 0.15) is 12.0 Å². The lowest BCUT2D eigenvalue weighted by molar-refractivity contribution is 0.174. The molecule has 10 heteroatoms. The van der Waals surface area contributed by atoms with E-state index in [9.17, 15) is 0 Å². The normalized spacial score (nSPS) is 15.8. The number of hydrogen-bond acceptors (Lipinski definition) is 10. The molecular formula is C23H23N7O2S. The summed E-state index contributed by atoms with van der Waals surface area (Å²) in [5, 5.41) is 4.04. The molecule has 2 aliphatic rings. The molecule has 0 saturated carbocycles. The van der Waals surface area contributed by atoms with Gasteiger partial charge in [0, 0.05) is 32.7 Å². The summed E-state index contributed by atoms with van der Waals surface area (Å²) >= 11 is 1.58. The van der Waals surface area contributed by atoms with Crippen molar-refractivity contribution in [3.05, 3.63) is 54.4 Å². The minimum absolute atomic E-state index is 0.299. The lowest BCUT2D eigenvalue weighted by Gasteiger charge is -2.36. The Bertz CT molecular complexity index is 1270. The summed E-state index contributed by atoms with van der Waals surface area (Å²) in [6.07, 6.45) is 1.56. The topological polar surface area (TPSA) is 102 Å². The second kappa shape index (κ2) is 8.38. The maximum absolute atomic E-state index is 6.47. The highest BCUT2D eigenvalue weighted by atomic mass is 32.1. The van der Waals surface area contributed by atoms with Gasteiger partial charge >= 0.3 is 0 Å². The van der Waals surface area contributed by atoms with Crippen LogP contribution in [-0.4, -0.2) is 52.8 Å². The molecule has 1 fully saturated rings. The number of aromatic nitrogens is 3. The van der Waals surface area contributed by atoms with Crippen molar-refractivity contribution in [3.8, 4) is 11.5 Å². The molecule has 33 heavy (non-hydrogen) atoms. The average Bonchev–Trinajstić information content (AvgIpc) is 3.47. The molecule has 168 valence electrons. The van der Waals surface area contributed by atoms with Crippen LogP contribution in [0, 0.1) is 0 Å². The number of benzene rings is 2. The Kier molecular flexibility index (Phi) is 5.08. The number of nitrogens with zero attached hydrogens (tertiary/aromatic N) is 5. The molecule has 2 aliphatic heterocycles. The Morgan fingerprint density at radius 1 is 1.00 bits per heavy atom. The Hall–Kier alpha value is -3.63. The number of nitrogens with two attached hydrogens (primary N) is 1. The van der Waals surface area contributed by atoms with Gasteiger partial charge in [0.25, 0.3) is 0 Å². The molecule has 2 aromatic carbocycles. The largest absolute Gasteiger partial charge is 0.454 e. The summed E-state index contributed by atoms with van der Waals surface area (Å²) in [6.45, 7) is 4.68. The lowest BCUT2D eigenvalue weighted by atomic mass is 10.1. The lowest BCUT2D eigenvalue weighted by Crippen LogP contribution is -2.46. The van der Waals surface area contributed by atoms with Crippen LogP contribution in [-0.2, 0) is 6.54 Å². The Labute approximate surface area is 194 Å². The number of piperazine rings is 1. The standard InChI is InChI=1S/C23H23N7O2S/c24-20-21(28-23-27-16-3-1-2-4-19(16)33-23)25-13-26-22(20)30-9-7-29(8-10-30)12-15-5-6-17-18(11-15)32-14-31-17/h1-6,11,13H,7-10,12,14,24H2,(H,25,26,27,28). The molecule has 0 aliphatic carbocycles. The number of nitrogens with one attached hydrogen (secondary N) is 1. The van der Waals surface area contributed by atoms with Gasteiger partial charge in [0.2, 0.25) is 6.79 Å². The van der Waals surface area contributed by atoms with Crippen molar-refractivity contribution in [2.45, 2.75) is 6.54 Å². The molecule has 9 nitrogen and oxygen atoms in total. The number of anilines is 4. The molecule has 0 spiro atoms. The van der Waals surface area contributed by atoms with Gasteiger partial charge in [-0.2, -0.15) is 0 Å². The number of thiazole rings is 1. The van der Waals surface area contributed by atoms with Gasteiger partial charge in [-0.15, -0.1) is 0 Å². The summed E-state index contributed by atoms with van der Waals surface area (Å²) in [6, 6.07) is 14.2. The van der Waals surface area contributed by atoms with Crippen LogP contribution < -0.4 is 25.4 Å². The predicted octanol–water partition coefficient (Wildman–Crippen LogP) is 3.46. The van der Waals surface area contributed by atoms with E-state index < -0.39 is 0 Å². The van der Waals surface area contributed by atoms with Crippen molar-refractivity contribution in [2.24, 2.45) is 0 Å². The summed E-state index contributed by atoms with van der Waals surface area (Å²) in [4.78, 5) is 18.1. The maximum Gasteiger partial charge on any atom is 0.231 e. The van der Waals surface area contributed by atoms with Gasteiger partial charge < -0.3 is 25.4 Å². The van der Waals surface area contributed by atoms with E-state index in [2.05, 4.69) is 48.3 Å². The van der Waals surface area contributed by atoms with Crippen LogP contribution in [0.1, 0.15) is 5.56 Å². The number of rotatable bonds is 5. The van der Waals surface area contributed by atoms with Crippen molar-refractivity contribution < 1.29 is 9.47 Å². The molecule has 0 bridgehead atoms. The van der Waals surface area contributed by atoms with E-state index in [-0.39, 0.29) is 0 Å². The highest BCUT2D eigenvalue weighted by molar-refractivity contribution is 7.22. The van der Waals surface area contributed by atoms with E-state index >= 15 is 0 Å². The first-order valence-corrected chi connectivity index (χ1v) is 11.6. The Morgan fingerprint density at radius 3 is 2.73 bits per heavy atom. The second-order valence-corrected chi connectivity index (χ2v) is 9.05. The molecule has 0 atom stereocenters. The Morgan fingerprint density at radius 2 is 1.85 bits per heavy atom. The van der Waals surface area contributed by atoms with Gasteiger partial charge in [0.05, 0.1) is 10.2 Å². The van der Waals surface area contributed by atoms with Crippen molar-refractivity contribution in [3.63, 3.8) is 0 Å². The average molecular weight is 462 g/mol. The van der Waals surface area contributed by atoms with Crippen LogP contribution in [0.4, 0.5) is 22.5 Å². The van der Waals surface area contributed by atoms with Gasteiger partial charge in [-0.3, -0.25) is 4.90 Å². The molecule has 2 aromatic heterocycles. The fourth-order valence-corrected chi connectivity index (χ4v) is 5.04. The van der Waals surface area contributed by atoms with Gasteiger partial charge in [-0.05, 0) is 29.8 Å². The third-order valence-electron chi connectivity index (χ3n) is 5.90. The van der Waals surface area contributed by atoms with Crippen LogP contribution in [0.3, 0.4) is 0 Å². The molecule has 4 heterocycles. The summed E-state index contributed by atoms with van der Waals surface area (Å²) in [7, 11) is 0. The smallest absolute Gasteiger partial charge is 0.231 e. The SMILES string of the molecule is Nc1c(Nc2nc3ccccc3s2)ncnc1N1CCN(Cc2ccc3c(c2)OCO3)CC1. The first kappa shape index (κ1) is 20.0. The number of nitrogen functional groups attached to an aromatic ring is 1. The van der Waals surface area contributed by atoms with Crippen LogP contribution in [0.5, 0.6) is 11.5 Å². The zero-order valence-electron chi connectivity index (χ0n) is 17.9. The van der Waals surface area contributed by atoms with Crippen LogP contribution >= 0.6 is 11.3 Å². The molecule has 0 unspecified atom stereocenters. The van der Waals surface area contributed by atoms with E-state index in [1.807, 2.05) is 24.3 Å². The molecule has 1 saturated heterocycles. The van der Waals surface area contributed by atoms with E-state index in [4.69, 9.17) is 15.2 Å². The van der Waals surface area contributed by atoms with Gasteiger partial charge in [-0.1, -0.05) is 29.5 Å². The minimum Gasteiger partial charge on any atom is -0.454 e. The van der Waals surface area contributed by atoms with E-state index in [0.29, 0.717) is 18.3 Å². The van der Waals surface area contributed by atoms with E-state index in [0.717, 1.165) is 65.4 Å². The van der Waals surface area contributed by atoms with Gasteiger partial charge in [0.15, 0.2) is 28.3 Å². The third-order valence-corrected chi connectivity index (χ3v) is 6.85. The minimum atomic E-state index is 0.299.